The Morgan fingerprint density at radius 3 is 2.56 bits per heavy atom. The molecule has 1 atom stereocenters. The van der Waals surface area contributed by atoms with E-state index in [-0.39, 0.29) is 19.1 Å². The van der Waals surface area contributed by atoms with Gasteiger partial charge in [-0.1, -0.05) is 12.1 Å². The molecular formula is C18H21N3O4. The number of benzene rings is 1. The SMILES string of the molecule is O=C(O)CCOc1ccc(-c2cnc(N3CCCC(O)C3)nc2)cc1. The molecule has 0 bridgehead atoms. The molecule has 2 N–H and O–H groups in total. The number of aliphatic hydroxyl groups is 1. The van der Waals surface area contributed by atoms with E-state index in [1.165, 1.54) is 0 Å². The second kappa shape index (κ2) is 7.94. The summed E-state index contributed by atoms with van der Waals surface area (Å²) in [5.74, 6) is 0.385. The third kappa shape index (κ3) is 4.67. The molecule has 7 heteroatoms. The number of aliphatic hydroxyl groups excluding tert-OH is 1. The topological polar surface area (TPSA) is 95.8 Å². The molecule has 132 valence electrons. The Hall–Kier alpha value is -2.67. The smallest absolute Gasteiger partial charge is 0.306 e. The van der Waals surface area contributed by atoms with Crippen LogP contribution in [0.1, 0.15) is 19.3 Å². The van der Waals surface area contributed by atoms with Gasteiger partial charge in [-0.25, -0.2) is 9.97 Å². The van der Waals surface area contributed by atoms with Gasteiger partial charge >= 0.3 is 5.97 Å². The molecular weight excluding hydrogens is 322 g/mol. The van der Waals surface area contributed by atoms with Crippen molar-refractivity contribution in [1.82, 2.24) is 9.97 Å². The molecule has 2 aromatic rings. The van der Waals surface area contributed by atoms with E-state index in [9.17, 15) is 9.90 Å². The van der Waals surface area contributed by atoms with Crippen LogP contribution in [0, 0.1) is 0 Å². The lowest BCUT2D eigenvalue weighted by molar-refractivity contribution is -0.137. The molecule has 1 fully saturated rings. The Morgan fingerprint density at radius 1 is 1.20 bits per heavy atom. The Balaban J connectivity index is 1.62. The molecule has 0 saturated carbocycles. The van der Waals surface area contributed by atoms with E-state index in [1.54, 1.807) is 24.5 Å². The Kier molecular flexibility index (Phi) is 5.45. The van der Waals surface area contributed by atoms with Crippen molar-refractivity contribution in [2.24, 2.45) is 0 Å². The van der Waals surface area contributed by atoms with Crippen LogP contribution in [0.2, 0.25) is 0 Å². The summed E-state index contributed by atoms with van der Waals surface area (Å²) in [6.45, 7) is 1.58. The monoisotopic (exact) mass is 343 g/mol. The van der Waals surface area contributed by atoms with E-state index in [2.05, 4.69) is 9.97 Å². The molecule has 1 aliphatic heterocycles. The van der Waals surface area contributed by atoms with E-state index in [0.717, 1.165) is 30.5 Å². The highest BCUT2D eigenvalue weighted by Gasteiger charge is 2.19. The fourth-order valence-electron chi connectivity index (χ4n) is 2.77. The fourth-order valence-corrected chi connectivity index (χ4v) is 2.77. The van der Waals surface area contributed by atoms with Gasteiger partial charge in [-0.2, -0.15) is 0 Å². The lowest BCUT2D eigenvalue weighted by Crippen LogP contribution is -2.39. The first-order valence-electron chi connectivity index (χ1n) is 8.32. The average Bonchev–Trinajstić information content (AvgIpc) is 2.62. The van der Waals surface area contributed by atoms with Crippen LogP contribution in [-0.4, -0.2) is 52.0 Å². The van der Waals surface area contributed by atoms with Crippen LogP contribution < -0.4 is 9.64 Å². The van der Waals surface area contributed by atoms with Crippen LogP contribution in [0.25, 0.3) is 11.1 Å². The van der Waals surface area contributed by atoms with Gasteiger partial charge in [0.15, 0.2) is 0 Å². The number of ether oxygens (including phenoxy) is 1. The van der Waals surface area contributed by atoms with Crippen molar-refractivity contribution in [3.63, 3.8) is 0 Å². The van der Waals surface area contributed by atoms with Gasteiger partial charge in [-0.15, -0.1) is 0 Å². The highest BCUT2D eigenvalue weighted by molar-refractivity contribution is 5.66. The minimum atomic E-state index is -0.880. The molecule has 0 amide bonds. The quantitative estimate of drug-likeness (QED) is 0.827. The first kappa shape index (κ1) is 17.2. The summed E-state index contributed by atoms with van der Waals surface area (Å²) < 4.78 is 5.37. The second-order valence-corrected chi connectivity index (χ2v) is 6.03. The van der Waals surface area contributed by atoms with Crippen molar-refractivity contribution in [3.05, 3.63) is 36.7 Å². The van der Waals surface area contributed by atoms with Gasteiger partial charge < -0.3 is 19.8 Å². The highest BCUT2D eigenvalue weighted by atomic mass is 16.5. The van der Waals surface area contributed by atoms with Gasteiger partial charge in [0.2, 0.25) is 5.95 Å². The number of carbonyl (C=O) groups is 1. The zero-order chi connectivity index (χ0) is 17.6. The first-order chi connectivity index (χ1) is 12.1. The van der Waals surface area contributed by atoms with Crippen LogP contribution in [0.4, 0.5) is 5.95 Å². The molecule has 3 rings (SSSR count). The fraction of sp³-hybridized carbons (Fsp3) is 0.389. The van der Waals surface area contributed by atoms with Crippen LogP contribution in [0.3, 0.4) is 0 Å². The van der Waals surface area contributed by atoms with E-state index in [1.807, 2.05) is 17.0 Å². The number of rotatable bonds is 6. The molecule has 1 aliphatic rings. The maximum Gasteiger partial charge on any atom is 0.306 e. The van der Waals surface area contributed by atoms with Crippen LogP contribution >= 0.6 is 0 Å². The van der Waals surface area contributed by atoms with Crippen LogP contribution in [0.5, 0.6) is 5.75 Å². The summed E-state index contributed by atoms with van der Waals surface area (Å²) >= 11 is 0. The third-order valence-electron chi connectivity index (χ3n) is 4.09. The third-order valence-corrected chi connectivity index (χ3v) is 4.09. The van der Waals surface area contributed by atoms with E-state index in [0.29, 0.717) is 18.2 Å². The Labute approximate surface area is 145 Å². The predicted octanol–water partition coefficient (Wildman–Crippen LogP) is 1.96. The Morgan fingerprint density at radius 2 is 1.92 bits per heavy atom. The second-order valence-electron chi connectivity index (χ2n) is 6.03. The minimum Gasteiger partial charge on any atom is -0.493 e. The molecule has 0 aliphatic carbocycles. The van der Waals surface area contributed by atoms with Gasteiger partial charge in [-0.3, -0.25) is 4.79 Å². The number of carboxylic acid groups (broad SMARTS) is 1. The van der Waals surface area contributed by atoms with Crippen molar-refractivity contribution in [2.45, 2.75) is 25.4 Å². The van der Waals surface area contributed by atoms with Crippen molar-refractivity contribution >= 4 is 11.9 Å². The van der Waals surface area contributed by atoms with Gasteiger partial charge in [0.1, 0.15) is 5.75 Å². The number of aromatic nitrogens is 2. The largest absolute Gasteiger partial charge is 0.493 e. The molecule has 1 aromatic heterocycles. The van der Waals surface area contributed by atoms with Crippen molar-refractivity contribution in [2.75, 3.05) is 24.6 Å². The summed E-state index contributed by atoms with van der Waals surface area (Å²) in [5, 5.41) is 18.4. The summed E-state index contributed by atoms with van der Waals surface area (Å²) in [4.78, 5) is 21.3. The lowest BCUT2D eigenvalue weighted by Gasteiger charge is -2.29. The van der Waals surface area contributed by atoms with Crippen molar-refractivity contribution < 1.29 is 19.7 Å². The molecule has 0 radical (unpaired) electrons. The lowest BCUT2D eigenvalue weighted by atomic mass is 10.1. The van der Waals surface area contributed by atoms with Crippen molar-refractivity contribution in [3.8, 4) is 16.9 Å². The van der Waals surface area contributed by atoms with Gasteiger partial charge in [0.05, 0.1) is 19.1 Å². The van der Waals surface area contributed by atoms with Crippen molar-refractivity contribution in [1.29, 1.82) is 0 Å². The zero-order valence-electron chi connectivity index (χ0n) is 13.8. The number of anilines is 1. The summed E-state index contributed by atoms with van der Waals surface area (Å²) in [6.07, 6.45) is 4.96. The number of hydrogen-bond donors (Lipinski definition) is 2. The minimum absolute atomic E-state index is 0.0255. The average molecular weight is 343 g/mol. The van der Waals surface area contributed by atoms with Crippen LogP contribution in [-0.2, 0) is 4.79 Å². The van der Waals surface area contributed by atoms with E-state index >= 15 is 0 Å². The molecule has 0 spiro atoms. The predicted molar refractivity (Wildman–Crippen MR) is 92.7 cm³/mol. The summed E-state index contributed by atoms with van der Waals surface area (Å²) in [6, 6.07) is 7.37. The number of nitrogens with zero attached hydrogens (tertiary/aromatic N) is 3. The molecule has 1 unspecified atom stereocenters. The van der Waals surface area contributed by atoms with Crippen LogP contribution in [0.15, 0.2) is 36.7 Å². The van der Waals surface area contributed by atoms with Gasteiger partial charge in [-0.05, 0) is 30.5 Å². The van der Waals surface area contributed by atoms with Gasteiger partial charge in [0.25, 0.3) is 0 Å². The summed E-state index contributed by atoms with van der Waals surface area (Å²) in [5.41, 5.74) is 1.84. The molecule has 7 nitrogen and oxygen atoms in total. The molecule has 2 heterocycles. The zero-order valence-corrected chi connectivity index (χ0v) is 13.8. The number of hydrogen-bond acceptors (Lipinski definition) is 6. The molecule has 25 heavy (non-hydrogen) atoms. The maximum absolute atomic E-state index is 10.5. The number of aliphatic carboxylic acids is 1. The van der Waals surface area contributed by atoms with E-state index in [4.69, 9.17) is 9.84 Å². The normalized spacial score (nSPS) is 17.3. The number of β-amino-alcohol motifs (C(OH)–C–C–N with tert-alkyl or cyclic N) is 1. The number of carboxylic acids is 1. The van der Waals surface area contributed by atoms with E-state index < -0.39 is 5.97 Å². The Bertz CT molecular complexity index is 703. The highest BCUT2D eigenvalue weighted by Crippen LogP contribution is 2.23. The maximum atomic E-state index is 10.5. The standard InChI is InChI=1S/C18H21N3O4/c22-15-2-1-8-21(12-15)18-19-10-14(11-20-18)13-3-5-16(6-4-13)25-9-7-17(23)24/h3-6,10-11,15,22H,1-2,7-9,12H2,(H,23,24). The molecule has 1 aromatic carbocycles. The van der Waals surface area contributed by atoms with Gasteiger partial charge in [0, 0.05) is 31.0 Å². The number of piperidine rings is 1. The first-order valence-corrected chi connectivity index (χ1v) is 8.32. The molecule has 1 saturated heterocycles. The summed E-state index contributed by atoms with van der Waals surface area (Å²) in [7, 11) is 0.